The molecule has 0 saturated heterocycles. The molecular weight excluding hydrogens is 310 g/mol. The predicted octanol–water partition coefficient (Wildman–Crippen LogP) is 3.40. The second-order valence-corrected chi connectivity index (χ2v) is 6.93. The van der Waals surface area contributed by atoms with Crippen molar-refractivity contribution in [3.05, 3.63) is 88.5 Å². The van der Waals surface area contributed by atoms with Crippen molar-refractivity contribution in [2.75, 3.05) is 0 Å². The average Bonchev–Trinajstić information content (AvgIpc) is 2.64. The summed E-state index contributed by atoms with van der Waals surface area (Å²) in [5.41, 5.74) is 5.85. The lowest BCUT2D eigenvalue weighted by Gasteiger charge is -2.42. The van der Waals surface area contributed by atoms with E-state index in [1.807, 2.05) is 12.2 Å². The number of rotatable bonds is 0. The predicted molar refractivity (Wildman–Crippen MR) is 95.6 cm³/mol. The molecule has 2 unspecified atom stereocenters. The van der Waals surface area contributed by atoms with E-state index in [2.05, 4.69) is 53.9 Å². The van der Waals surface area contributed by atoms with Crippen LogP contribution in [0.15, 0.2) is 77.4 Å². The molecule has 0 bridgehead atoms. The van der Waals surface area contributed by atoms with Crippen molar-refractivity contribution in [1.29, 1.82) is 0 Å². The largest absolute Gasteiger partial charge is 0.288 e. The van der Waals surface area contributed by atoms with Gasteiger partial charge >= 0.3 is 0 Å². The quantitative estimate of drug-likeness (QED) is 0.755. The zero-order valence-electron chi connectivity index (χ0n) is 13.2. The van der Waals surface area contributed by atoms with E-state index in [-0.39, 0.29) is 23.7 Å². The second kappa shape index (κ2) is 4.25. The van der Waals surface area contributed by atoms with Crippen molar-refractivity contribution in [3.63, 3.8) is 0 Å². The standard InChI is InChI=1S/C22H13NO2/c24-21-16-9-7-14-12-5-1-3-11-4-2-6-13(18(11)12)15-8-10-17(22(25)23-21)20(16)19(14)15/h1-10,14,19H,(H,23,24,25). The van der Waals surface area contributed by atoms with Crippen molar-refractivity contribution >= 4 is 28.2 Å². The number of nitrogens with one attached hydrogen (secondary N) is 1. The van der Waals surface area contributed by atoms with E-state index < -0.39 is 0 Å². The van der Waals surface area contributed by atoms with Crippen molar-refractivity contribution in [2.45, 2.75) is 5.92 Å². The van der Waals surface area contributed by atoms with Gasteiger partial charge in [0.15, 0.2) is 0 Å². The van der Waals surface area contributed by atoms with Crippen molar-refractivity contribution < 1.29 is 9.59 Å². The fourth-order valence-electron chi connectivity index (χ4n) is 4.84. The maximum absolute atomic E-state index is 12.3. The molecule has 0 spiro atoms. The van der Waals surface area contributed by atoms with Gasteiger partial charge in [0.1, 0.15) is 0 Å². The maximum Gasteiger partial charge on any atom is 0.258 e. The normalized spacial score (nSPS) is 25.4. The Morgan fingerprint density at radius 2 is 1.76 bits per heavy atom. The Morgan fingerprint density at radius 1 is 0.920 bits per heavy atom. The lowest BCUT2D eigenvalue weighted by atomic mass is 9.62. The molecule has 2 aromatic rings. The molecule has 0 fully saturated rings. The number of hydrogen-bond donors (Lipinski definition) is 1. The van der Waals surface area contributed by atoms with E-state index in [1.54, 1.807) is 0 Å². The Bertz CT molecular complexity index is 1150. The SMILES string of the molecule is O=C1NC(=O)C2=C3C1=CC=C1c4cccc5cccc(c45)C(C=C2)C13. The molecule has 0 radical (unpaired) electrons. The van der Waals surface area contributed by atoms with Gasteiger partial charge < -0.3 is 0 Å². The molecule has 1 aliphatic heterocycles. The van der Waals surface area contributed by atoms with Crippen LogP contribution in [0.2, 0.25) is 0 Å². The van der Waals surface area contributed by atoms with Gasteiger partial charge in [-0.1, -0.05) is 54.6 Å². The van der Waals surface area contributed by atoms with Gasteiger partial charge in [0.2, 0.25) is 0 Å². The van der Waals surface area contributed by atoms with Gasteiger partial charge in [-0.05, 0) is 39.1 Å². The summed E-state index contributed by atoms with van der Waals surface area (Å²) in [6.07, 6.45) is 7.95. The number of amides is 2. The highest BCUT2D eigenvalue weighted by molar-refractivity contribution is 6.20. The van der Waals surface area contributed by atoms with E-state index in [1.165, 1.54) is 27.5 Å². The van der Waals surface area contributed by atoms with Gasteiger partial charge in [-0.25, -0.2) is 0 Å². The van der Waals surface area contributed by atoms with Crippen LogP contribution in [-0.2, 0) is 9.59 Å². The molecule has 25 heavy (non-hydrogen) atoms. The highest BCUT2D eigenvalue weighted by Gasteiger charge is 2.44. The first-order valence-electron chi connectivity index (χ1n) is 8.46. The van der Waals surface area contributed by atoms with Gasteiger partial charge in [-0.3, -0.25) is 14.9 Å². The molecule has 2 aromatic carbocycles. The highest BCUT2D eigenvalue weighted by Crippen LogP contribution is 2.55. The third kappa shape index (κ3) is 1.47. The Balaban J connectivity index is 1.76. The minimum Gasteiger partial charge on any atom is -0.288 e. The number of carbonyl (C=O) groups is 2. The molecule has 3 heteroatoms. The summed E-state index contributed by atoms with van der Waals surface area (Å²) in [6.45, 7) is 0. The van der Waals surface area contributed by atoms with Gasteiger partial charge in [0, 0.05) is 23.0 Å². The molecule has 6 rings (SSSR count). The molecule has 3 nitrogen and oxygen atoms in total. The van der Waals surface area contributed by atoms with Gasteiger partial charge in [0.25, 0.3) is 11.8 Å². The molecule has 1 N–H and O–H groups in total. The van der Waals surface area contributed by atoms with E-state index in [0.29, 0.717) is 11.1 Å². The van der Waals surface area contributed by atoms with Crippen LogP contribution in [0.3, 0.4) is 0 Å². The van der Waals surface area contributed by atoms with Crippen LogP contribution in [0.5, 0.6) is 0 Å². The summed E-state index contributed by atoms with van der Waals surface area (Å²) >= 11 is 0. The van der Waals surface area contributed by atoms with E-state index in [4.69, 9.17) is 0 Å². The van der Waals surface area contributed by atoms with Crippen LogP contribution < -0.4 is 5.32 Å². The monoisotopic (exact) mass is 323 g/mol. The smallest absolute Gasteiger partial charge is 0.258 e. The lowest BCUT2D eigenvalue weighted by molar-refractivity contribution is -0.126. The third-order valence-electron chi connectivity index (χ3n) is 5.81. The summed E-state index contributed by atoms with van der Waals surface area (Å²) in [7, 11) is 0. The Labute approximate surface area is 144 Å². The zero-order valence-corrected chi connectivity index (χ0v) is 13.2. The topological polar surface area (TPSA) is 46.2 Å². The molecule has 2 atom stereocenters. The van der Waals surface area contributed by atoms with E-state index >= 15 is 0 Å². The van der Waals surface area contributed by atoms with Crippen LogP contribution in [0.25, 0.3) is 16.3 Å². The maximum atomic E-state index is 12.3. The van der Waals surface area contributed by atoms with Crippen LogP contribution in [-0.4, -0.2) is 11.8 Å². The highest BCUT2D eigenvalue weighted by atomic mass is 16.2. The van der Waals surface area contributed by atoms with Crippen LogP contribution >= 0.6 is 0 Å². The van der Waals surface area contributed by atoms with Gasteiger partial charge in [-0.2, -0.15) is 0 Å². The number of carbonyl (C=O) groups excluding carboxylic acids is 2. The number of allylic oxidation sites excluding steroid dienone is 4. The minimum atomic E-state index is -0.287. The van der Waals surface area contributed by atoms with Crippen LogP contribution in [0, 0.1) is 5.92 Å². The fraction of sp³-hybridized carbons (Fsp3) is 0.0909. The lowest BCUT2D eigenvalue weighted by Crippen LogP contribution is -2.42. The summed E-state index contributed by atoms with van der Waals surface area (Å²) in [4.78, 5) is 24.7. The summed E-state index contributed by atoms with van der Waals surface area (Å²) in [6, 6.07) is 12.8. The molecule has 2 amide bonds. The van der Waals surface area contributed by atoms with Crippen LogP contribution in [0.4, 0.5) is 0 Å². The number of fused-ring (bicyclic) bond motifs is 2. The number of benzene rings is 2. The molecule has 3 aliphatic carbocycles. The molecule has 118 valence electrons. The van der Waals surface area contributed by atoms with Crippen molar-refractivity contribution in [3.8, 4) is 0 Å². The summed E-state index contributed by atoms with van der Waals surface area (Å²) in [5.74, 6) is -0.378. The number of hydrogen-bond acceptors (Lipinski definition) is 2. The summed E-state index contributed by atoms with van der Waals surface area (Å²) < 4.78 is 0. The minimum absolute atomic E-state index is 0.0375. The Hall–Kier alpha value is -3.20. The first-order chi connectivity index (χ1) is 12.2. The number of imide groups is 1. The molecule has 1 heterocycles. The third-order valence-corrected chi connectivity index (χ3v) is 5.81. The average molecular weight is 323 g/mol. The molecule has 0 saturated carbocycles. The summed E-state index contributed by atoms with van der Waals surface area (Å²) in [5, 5.41) is 4.97. The fourth-order valence-corrected chi connectivity index (χ4v) is 4.84. The van der Waals surface area contributed by atoms with Crippen LogP contribution in [0.1, 0.15) is 17.0 Å². The van der Waals surface area contributed by atoms with E-state index in [0.717, 1.165) is 5.57 Å². The first-order valence-corrected chi connectivity index (χ1v) is 8.46. The molecular formula is C22H13NO2. The van der Waals surface area contributed by atoms with Crippen molar-refractivity contribution in [1.82, 2.24) is 5.32 Å². The Morgan fingerprint density at radius 3 is 2.64 bits per heavy atom. The first kappa shape index (κ1) is 13.1. The zero-order chi connectivity index (χ0) is 16.7. The second-order valence-electron chi connectivity index (χ2n) is 6.93. The molecule has 4 aliphatic rings. The van der Waals surface area contributed by atoms with Gasteiger partial charge in [0.05, 0.1) is 0 Å². The van der Waals surface area contributed by atoms with Gasteiger partial charge in [-0.15, -0.1) is 0 Å². The molecule has 0 aromatic heterocycles. The van der Waals surface area contributed by atoms with E-state index in [9.17, 15) is 9.59 Å². The van der Waals surface area contributed by atoms with Crippen molar-refractivity contribution in [2.24, 2.45) is 5.92 Å². The Kier molecular flexibility index (Phi) is 2.23.